The lowest BCUT2D eigenvalue weighted by atomic mass is 9.90. The number of hydrogen-bond donors (Lipinski definition) is 1. The van der Waals surface area contributed by atoms with Gasteiger partial charge in [0.1, 0.15) is 0 Å². The van der Waals surface area contributed by atoms with Crippen molar-refractivity contribution >= 4 is 23.0 Å². The fourth-order valence-corrected chi connectivity index (χ4v) is 3.13. The van der Waals surface area contributed by atoms with Gasteiger partial charge in [0.2, 0.25) is 0 Å². The fourth-order valence-electron chi connectivity index (χ4n) is 3.13. The van der Waals surface area contributed by atoms with Crippen molar-refractivity contribution in [3.63, 3.8) is 0 Å². The summed E-state index contributed by atoms with van der Waals surface area (Å²) in [5, 5.41) is 13.9. The molecule has 0 spiro atoms. The van der Waals surface area contributed by atoms with Crippen LogP contribution in [0.1, 0.15) is 36.3 Å². The van der Waals surface area contributed by atoms with Gasteiger partial charge in [-0.05, 0) is 24.8 Å². The van der Waals surface area contributed by atoms with Crippen molar-refractivity contribution in [1.29, 1.82) is 0 Å². The number of carbonyl (C=O) groups is 2. The quantitative estimate of drug-likeness (QED) is 0.929. The molecule has 1 fully saturated rings. The average molecular weight is 317 g/mol. The van der Waals surface area contributed by atoms with Crippen molar-refractivity contribution in [2.24, 2.45) is 11.8 Å². The number of aryl methyl sites for hydroxylation is 1. The summed E-state index contributed by atoms with van der Waals surface area (Å²) in [6.07, 6.45) is 2.75. The normalized spacial score (nSPS) is 21.6. The zero-order chi connectivity index (χ0) is 16.6. The van der Waals surface area contributed by atoms with Crippen molar-refractivity contribution in [2.75, 3.05) is 13.1 Å². The molecule has 1 aliphatic rings. The largest absolute Gasteiger partial charge is 0.481 e. The molecule has 1 aliphatic heterocycles. The molecular formula is C16H19N3O4. The molecule has 23 heavy (non-hydrogen) atoms. The van der Waals surface area contributed by atoms with Gasteiger partial charge < -0.3 is 14.5 Å². The number of rotatable bonds is 3. The Morgan fingerprint density at radius 2 is 2.22 bits per heavy atom. The SMILES string of the molecule is CCc1noc2ncc(C(=O)N3CC(C)CC(C(=O)O)C3)cc12. The van der Waals surface area contributed by atoms with Crippen LogP contribution in [0.3, 0.4) is 0 Å². The number of hydrogen-bond acceptors (Lipinski definition) is 5. The maximum absolute atomic E-state index is 12.7. The Hall–Kier alpha value is -2.44. The van der Waals surface area contributed by atoms with Gasteiger partial charge in [-0.3, -0.25) is 9.59 Å². The molecule has 0 bridgehead atoms. The van der Waals surface area contributed by atoms with Crippen LogP contribution >= 0.6 is 0 Å². The minimum Gasteiger partial charge on any atom is -0.481 e. The zero-order valence-electron chi connectivity index (χ0n) is 13.2. The predicted octanol–water partition coefficient (Wildman–Crippen LogP) is 1.97. The standard InChI is InChI=1S/C16H19N3O4/c1-3-13-12-5-10(6-17-14(12)23-18-13)15(20)19-7-9(2)4-11(8-19)16(21)22/h5-6,9,11H,3-4,7-8H2,1-2H3,(H,21,22). The van der Waals surface area contributed by atoms with E-state index in [1.54, 1.807) is 11.0 Å². The second-order valence-electron chi connectivity index (χ2n) is 6.15. The number of carboxylic acid groups (broad SMARTS) is 1. The minimum atomic E-state index is -0.852. The molecule has 3 heterocycles. The number of pyridine rings is 1. The summed E-state index contributed by atoms with van der Waals surface area (Å²) in [7, 11) is 0. The first-order valence-corrected chi connectivity index (χ1v) is 7.76. The molecule has 2 unspecified atom stereocenters. The van der Waals surface area contributed by atoms with Gasteiger partial charge in [0.05, 0.1) is 22.6 Å². The molecule has 122 valence electrons. The second kappa shape index (κ2) is 5.98. The molecular weight excluding hydrogens is 298 g/mol. The van der Waals surface area contributed by atoms with Crippen molar-refractivity contribution in [2.45, 2.75) is 26.7 Å². The Bertz CT molecular complexity index is 755. The van der Waals surface area contributed by atoms with E-state index in [1.807, 2.05) is 13.8 Å². The summed E-state index contributed by atoms with van der Waals surface area (Å²) in [6.45, 7) is 4.72. The average Bonchev–Trinajstić information content (AvgIpc) is 2.95. The third kappa shape index (κ3) is 2.91. The summed E-state index contributed by atoms with van der Waals surface area (Å²) in [6, 6.07) is 1.73. The van der Waals surface area contributed by atoms with E-state index in [2.05, 4.69) is 10.1 Å². The van der Waals surface area contributed by atoms with E-state index in [-0.39, 0.29) is 18.4 Å². The van der Waals surface area contributed by atoms with Gasteiger partial charge in [-0.2, -0.15) is 0 Å². The number of carbonyl (C=O) groups excluding carboxylic acids is 1. The van der Waals surface area contributed by atoms with Crippen LogP contribution in [0.25, 0.3) is 11.1 Å². The predicted molar refractivity (Wildman–Crippen MR) is 82.0 cm³/mol. The van der Waals surface area contributed by atoms with E-state index in [0.717, 1.165) is 11.1 Å². The Kier molecular flexibility index (Phi) is 4.02. The summed E-state index contributed by atoms with van der Waals surface area (Å²) in [5.74, 6) is -1.40. The molecule has 0 aliphatic carbocycles. The maximum Gasteiger partial charge on any atom is 0.308 e. The third-order valence-corrected chi connectivity index (χ3v) is 4.28. The third-order valence-electron chi connectivity index (χ3n) is 4.28. The second-order valence-corrected chi connectivity index (χ2v) is 6.15. The van der Waals surface area contributed by atoms with Crippen LogP contribution in [0.4, 0.5) is 0 Å². The van der Waals surface area contributed by atoms with Gasteiger partial charge in [-0.25, -0.2) is 4.98 Å². The summed E-state index contributed by atoms with van der Waals surface area (Å²) < 4.78 is 5.12. The number of piperidine rings is 1. The molecule has 2 aromatic heterocycles. The molecule has 2 aromatic rings. The number of amides is 1. The highest BCUT2D eigenvalue weighted by Crippen LogP contribution is 2.24. The molecule has 1 saturated heterocycles. The zero-order valence-corrected chi connectivity index (χ0v) is 13.2. The first-order valence-electron chi connectivity index (χ1n) is 7.76. The van der Waals surface area contributed by atoms with Gasteiger partial charge in [0, 0.05) is 19.3 Å². The number of nitrogens with zero attached hydrogens (tertiary/aromatic N) is 3. The van der Waals surface area contributed by atoms with Crippen LogP contribution in [-0.2, 0) is 11.2 Å². The molecule has 3 rings (SSSR count). The Morgan fingerprint density at radius 3 is 2.91 bits per heavy atom. The van der Waals surface area contributed by atoms with Gasteiger partial charge in [0.25, 0.3) is 11.6 Å². The van der Waals surface area contributed by atoms with E-state index in [9.17, 15) is 14.7 Å². The van der Waals surface area contributed by atoms with Gasteiger partial charge in [-0.15, -0.1) is 0 Å². The van der Waals surface area contributed by atoms with Crippen LogP contribution in [0.5, 0.6) is 0 Å². The molecule has 0 aromatic carbocycles. The molecule has 7 heteroatoms. The first-order chi connectivity index (χ1) is 11.0. The number of fused-ring (bicyclic) bond motifs is 1. The lowest BCUT2D eigenvalue weighted by Crippen LogP contribution is -2.45. The van der Waals surface area contributed by atoms with E-state index in [1.165, 1.54) is 6.20 Å². The van der Waals surface area contributed by atoms with Crippen molar-refractivity contribution in [3.8, 4) is 0 Å². The minimum absolute atomic E-state index is 0.160. The van der Waals surface area contributed by atoms with E-state index in [0.29, 0.717) is 30.7 Å². The van der Waals surface area contributed by atoms with Crippen LogP contribution in [0.2, 0.25) is 0 Å². The lowest BCUT2D eigenvalue weighted by molar-refractivity contribution is -0.143. The molecule has 1 N–H and O–H groups in total. The van der Waals surface area contributed by atoms with Crippen LogP contribution in [-0.4, -0.2) is 45.1 Å². The van der Waals surface area contributed by atoms with Gasteiger partial charge in [-0.1, -0.05) is 19.0 Å². The fraction of sp³-hybridized carbons (Fsp3) is 0.500. The summed E-state index contributed by atoms with van der Waals surface area (Å²) in [5.41, 5.74) is 1.61. The molecule has 0 saturated carbocycles. The Morgan fingerprint density at radius 1 is 1.43 bits per heavy atom. The molecule has 2 atom stereocenters. The molecule has 1 amide bonds. The Labute approximate surface area is 133 Å². The van der Waals surface area contributed by atoms with Crippen molar-refractivity contribution in [3.05, 3.63) is 23.5 Å². The van der Waals surface area contributed by atoms with E-state index < -0.39 is 11.9 Å². The van der Waals surface area contributed by atoms with Crippen LogP contribution in [0, 0.1) is 11.8 Å². The number of carboxylic acids is 1. The topological polar surface area (TPSA) is 96.5 Å². The number of likely N-dealkylation sites (tertiary alicyclic amines) is 1. The van der Waals surface area contributed by atoms with Crippen LogP contribution < -0.4 is 0 Å². The first kappa shape index (κ1) is 15.5. The lowest BCUT2D eigenvalue weighted by Gasteiger charge is -2.34. The monoisotopic (exact) mass is 317 g/mol. The summed E-state index contributed by atoms with van der Waals surface area (Å²) in [4.78, 5) is 29.7. The highest BCUT2D eigenvalue weighted by Gasteiger charge is 2.32. The van der Waals surface area contributed by atoms with Crippen molar-refractivity contribution in [1.82, 2.24) is 15.0 Å². The number of aliphatic carboxylic acids is 1. The van der Waals surface area contributed by atoms with E-state index >= 15 is 0 Å². The highest BCUT2D eigenvalue weighted by molar-refractivity contribution is 5.97. The maximum atomic E-state index is 12.7. The van der Waals surface area contributed by atoms with Crippen LogP contribution in [0.15, 0.2) is 16.8 Å². The van der Waals surface area contributed by atoms with Gasteiger partial charge in [0.15, 0.2) is 0 Å². The molecule has 0 radical (unpaired) electrons. The van der Waals surface area contributed by atoms with E-state index in [4.69, 9.17) is 4.52 Å². The molecule has 7 nitrogen and oxygen atoms in total. The number of aromatic nitrogens is 2. The smallest absolute Gasteiger partial charge is 0.308 e. The highest BCUT2D eigenvalue weighted by atomic mass is 16.5. The Balaban J connectivity index is 1.88. The van der Waals surface area contributed by atoms with Crippen molar-refractivity contribution < 1.29 is 19.2 Å². The van der Waals surface area contributed by atoms with Gasteiger partial charge >= 0.3 is 5.97 Å². The summed E-state index contributed by atoms with van der Waals surface area (Å²) >= 11 is 0.